The van der Waals surface area contributed by atoms with Crippen molar-refractivity contribution >= 4 is 10.0 Å². The molecule has 1 fully saturated rings. The van der Waals surface area contributed by atoms with Crippen LogP contribution in [-0.4, -0.2) is 34.4 Å². The molecule has 2 aromatic rings. The van der Waals surface area contributed by atoms with Gasteiger partial charge in [0.1, 0.15) is 0 Å². The molecule has 0 spiro atoms. The van der Waals surface area contributed by atoms with Crippen LogP contribution in [0.1, 0.15) is 31.7 Å². The van der Waals surface area contributed by atoms with Crippen molar-refractivity contribution in [3.63, 3.8) is 0 Å². The van der Waals surface area contributed by atoms with Crippen LogP contribution in [0.25, 0.3) is 0 Å². The lowest BCUT2D eigenvalue weighted by molar-refractivity contribution is 0.342. The van der Waals surface area contributed by atoms with Gasteiger partial charge in [0.15, 0.2) is 5.03 Å². The van der Waals surface area contributed by atoms with E-state index >= 15 is 0 Å². The number of sulfonamides is 1. The molecular weight excluding hydrogens is 298 g/mol. The van der Waals surface area contributed by atoms with Crippen molar-refractivity contribution in [3.8, 4) is 0 Å². The van der Waals surface area contributed by atoms with Gasteiger partial charge in [0.05, 0.1) is 6.33 Å². The molecule has 0 N–H and O–H groups in total. The minimum Gasteiger partial charge on any atom is -0.339 e. The lowest BCUT2D eigenvalue weighted by atomic mass is 9.92. The fourth-order valence-electron chi connectivity index (χ4n) is 3.45. The van der Waals surface area contributed by atoms with Gasteiger partial charge < -0.3 is 4.57 Å². The van der Waals surface area contributed by atoms with E-state index in [1.165, 1.54) is 11.9 Å². The Morgan fingerprint density at radius 2 is 1.86 bits per heavy atom. The Kier molecular flexibility index (Phi) is 3.82. The number of hydrogen-bond acceptors (Lipinski definition) is 3. The highest BCUT2D eigenvalue weighted by Gasteiger charge is 2.44. The zero-order valence-electron chi connectivity index (χ0n) is 13.0. The van der Waals surface area contributed by atoms with E-state index in [2.05, 4.69) is 17.1 Å². The number of aryl methyl sites for hydroxylation is 1. The molecule has 1 aromatic heterocycles. The molecule has 6 heteroatoms. The number of hydrogen-bond donors (Lipinski definition) is 0. The van der Waals surface area contributed by atoms with Crippen LogP contribution in [0.5, 0.6) is 0 Å². The van der Waals surface area contributed by atoms with E-state index in [0.717, 1.165) is 6.42 Å². The minimum absolute atomic E-state index is 0.0350. The first-order valence-corrected chi connectivity index (χ1v) is 8.91. The molecule has 0 amide bonds. The molecule has 0 aliphatic carbocycles. The Hall–Kier alpha value is -1.66. The lowest BCUT2D eigenvalue weighted by Gasteiger charge is -2.26. The summed E-state index contributed by atoms with van der Waals surface area (Å²) >= 11 is 0. The third-order valence-corrected chi connectivity index (χ3v) is 6.45. The second-order valence-corrected chi connectivity index (χ2v) is 7.84. The predicted molar refractivity (Wildman–Crippen MR) is 85.0 cm³/mol. The van der Waals surface area contributed by atoms with Crippen molar-refractivity contribution in [3.05, 3.63) is 48.4 Å². The molecule has 3 atom stereocenters. The van der Waals surface area contributed by atoms with Gasteiger partial charge in [-0.25, -0.2) is 13.4 Å². The molecule has 3 rings (SSSR count). The first kappa shape index (κ1) is 15.2. The maximum atomic E-state index is 12.9. The van der Waals surface area contributed by atoms with Crippen molar-refractivity contribution in [1.29, 1.82) is 0 Å². The highest BCUT2D eigenvalue weighted by Crippen LogP contribution is 2.40. The van der Waals surface area contributed by atoms with Crippen LogP contribution >= 0.6 is 0 Å². The third-order valence-electron chi connectivity index (χ3n) is 4.46. The molecule has 1 aliphatic rings. The highest BCUT2D eigenvalue weighted by molar-refractivity contribution is 7.89. The van der Waals surface area contributed by atoms with Crippen LogP contribution < -0.4 is 0 Å². The van der Waals surface area contributed by atoms with Crippen molar-refractivity contribution in [2.45, 2.75) is 43.3 Å². The van der Waals surface area contributed by atoms with E-state index in [9.17, 15) is 8.42 Å². The Morgan fingerprint density at radius 3 is 2.45 bits per heavy atom. The van der Waals surface area contributed by atoms with Crippen molar-refractivity contribution in [2.24, 2.45) is 7.05 Å². The number of imidazole rings is 1. The monoisotopic (exact) mass is 319 g/mol. The fraction of sp³-hybridized carbons (Fsp3) is 0.438. The number of benzene rings is 1. The maximum Gasteiger partial charge on any atom is 0.262 e. The summed E-state index contributed by atoms with van der Waals surface area (Å²) in [6.45, 7) is 3.96. The zero-order chi connectivity index (χ0) is 15.9. The van der Waals surface area contributed by atoms with Crippen LogP contribution in [0.15, 0.2) is 47.9 Å². The van der Waals surface area contributed by atoms with Gasteiger partial charge >= 0.3 is 0 Å². The second kappa shape index (κ2) is 5.52. The molecule has 1 saturated heterocycles. The quantitative estimate of drug-likeness (QED) is 0.873. The molecule has 0 saturated carbocycles. The van der Waals surface area contributed by atoms with Crippen molar-refractivity contribution in [2.75, 3.05) is 0 Å². The Labute approximate surface area is 131 Å². The summed E-state index contributed by atoms with van der Waals surface area (Å²) in [5, 5.41) is 0.127. The Balaban J connectivity index is 1.95. The van der Waals surface area contributed by atoms with Crippen LogP contribution in [0.4, 0.5) is 0 Å². The Bertz CT molecular complexity index is 755. The van der Waals surface area contributed by atoms with E-state index in [1.54, 1.807) is 22.1 Å². The number of rotatable bonds is 3. The van der Waals surface area contributed by atoms with Gasteiger partial charge in [-0.2, -0.15) is 4.31 Å². The van der Waals surface area contributed by atoms with Gasteiger partial charge in [0, 0.05) is 31.2 Å². The standard InChI is InChI=1S/C16H21N3O2S/c1-12-9-15(14-7-5-4-6-8-14)13(2)19(12)22(20,21)16-10-18(3)11-17-16/h4-8,10-13,15H,9H2,1-3H3/t12-,13-,15-/m1/s1. The predicted octanol–water partition coefficient (Wildman–Crippen LogP) is 2.38. The molecule has 0 radical (unpaired) electrons. The number of nitrogens with zero attached hydrogens (tertiary/aromatic N) is 3. The third kappa shape index (κ3) is 2.46. The van der Waals surface area contributed by atoms with Gasteiger partial charge in [-0.3, -0.25) is 0 Å². The van der Waals surface area contributed by atoms with Crippen molar-refractivity contribution in [1.82, 2.24) is 13.9 Å². The SMILES string of the molecule is C[C@@H]1C[C@@H](c2ccccc2)[C@@H](C)N1S(=O)(=O)c1cn(C)cn1. The molecule has 5 nitrogen and oxygen atoms in total. The minimum atomic E-state index is -3.56. The molecule has 2 heterocycles. The smallest absolute Gasteiger partial charge is 0.262 e. The van der Waals surface area contributed by atoms with Gasteiger partial charge in [-0.1, -0.05) is 30.3 Å². The topological polar surface area (TPSA) is 55.2 Å². The van der Waals surface area contributed by atoms with Crippen LogP contribution in [-0.2, 0) is 17.1 Å². The normalized spacial score (nSPS) is 26.4. The summed E-state index contributed by atoms with van der Waals surface area (Å²) in [6, 6.07) is 10.0. The summed E-state index contributed by atoms with van der Waals surface area (Å²) in [6.07, 6.45) is 3.91. The van der Waals surface area contributed by atoms with E-state index in [0.29, 0.717) is 0 Å². The largest absolute Gasteiger partial charge is 0.339 e. The average Bonchev–Trinajstić information content (AvgIpc) is 3.04. The van der Waals surface area contributed by atoms with E-state index in [-0.39, 0.29) is 23.0 Å². The highest BCUT2D eigenvalue weighted by atomic mass is 32.2. The summed E-state index contributed by atoms with van der Waals surface area (Å²) in [7, 11) is -1.78. The van der Waals surface area contributed by atoms with Crippen LogP contribution in [0.2, 0.25) is 0 Å². The molecule has 22 heavy (non-hydrogen) atoms. The summed E-state index contributed by atoms with van der Waals surface area (Å²) in [4.78, 5) is 4.03. The van der Waals surface area contributed by atoms with E-state index in [1.807, 2.05) is 32.0 Å². The fourth-order valence-corrected chi connectivity index (χ4v) is 5.29. The molecular formula is C16H21N3O2S. The summed E-state index contributed by atoms with van der Waals surface area (Å²) in [5.41, 5.74) is 1.19. The van der Waals surface area contributed by atoms with Gasteiger partial charge in [-0.05, 0) is 25.8 Å². The van der Waals surface area contributed by atoms with Gasteiger partial charge in [-0.15, -0.1) is 0 Å². The summed E-state index contributed by atoms with van der Waals surface area (Å²) in [5.74, 6) is 0.217. The van der Waals surface area contributed by atoms with Crippen molar-refractivity contribution < 1.29 is 8.42 Å². The summed E-state index contributed by atoms with van der Waals surface area (Å²) < 4.78 is 29.1. The molecule has 1 aromatic carbocycles. The van der Waals surface area contributed by atoms with Gasteiger partial charge in [0.2, 0.25) is 0 Å². The second-order valence-electron chi connectivity index (χ2n) is 6.05. The first-order chi connectivity index (χ1) is 10.4. The molecule has 0 unspecified atom stereocenters. The van der Waals surface area contributed by atoms with E-state index < -0.39 is 10.0 Å². The van der Waals surface area contributed by atoms with Gasteiger partial charge in [0.25, 0.3) is 10.0 Å². The molecule has 0 bridgehead atoms. The lowest BCUT2D eigenvalue weighted by Crippen LogP contribution is -2.39. The van der Waals surface area contributed by atoms with Crippen LogP contribution in [0, 0.1) is 0 Å². The molecule has 1 aliphatic heterocycles. The zero-order valence-corrected chi connectivity index (χ0v) is 13.9. The average molecular weight is 319 g/mol. The van der Waals surface area contributed by atoms with E-state index in [4.69, 9.17) is 0 Å². The maximum absolute atomic E-state index is 12.9. The number of aromatic nitrogens is 2. The molecule has 118 valence electrons. The van der Waals surface area contributed by atoms with Crippen LogP contribution in [0.3, 0.4) is 0 Å². The Morgan fingerprint density at radius 1 is 1.18 bits per heavy atom. The first-order valence-electron chi connectivity index (χ1n) is 7.47.